The predicted octanol–water partition coefficient (Wildman–Crippen LogP) is 8.32. The summed E-state index contributed by atoms with van der Waals surface area (Å²) in [5.74, 6) is -6.31. The molecule has 0 radical (unpaired) electrons. The zero-order valence-corrected chi connectivity index (χ0v) is 17.7. The van der Waals surface area contributed by atoms with Crippen molar-refractivity contribution in [1.82, 2.24) is 0 Å². The van der Waals surface area contributed by atoms with Crippen LogP contribution in [0.1, 0.15) is 42.9 Å². The van der Waals surface area contributed by atoms with E-state index in [1.54, 1.807) is 0 Å². The van der Waals surface area contributed by atoms with Gasteiger partial charge in [0.25, 0.3) is 0 Å². The molecule has 0 aromatic heterocycles. The molecule has 0 aliphatic rings. The van der Waals surface area contributed by atoms with E-state index in [0.29, 0.717) is 18.6 Å². The fraction of sp³-hybridized carbons (Fsp3) is 0.231. The average Bonchev–Trinajstić information content (AvgIpc) is 2.80. The summed E-state index contributed by atoms with van der Waals surface area (Å²) in [6.07, 6.45) is 4.28. The Hall–Kier alpha value is -3.15. The highest BCUT2D eigenvalue weighted by Crippen LogP contribution is 2.35. The third-order valence-corrected chi connectivity index (χ3v) is 5.15. The molecule has 0 saturated carbocycles. The van der Waals surface area contributed by atoms with Crippen LogP contribution in [0.2, 0.25) is 0 Å². The lowest BCUT2D eigenvalue weighted by atomic mass is 9.98. The molecule has 0 fully saturated rings. The van der Waals surface area contributed by atoms with Gasteiger partial charge in [-0.15, -0.1) is 0 Å². The molecule has 1 nitrogen and oxygen atoms in total. The first-order valence-corrected chi connectivity index (χ1v) is 10.4. The Kier molecular flexibility index (Phi) is 7.67. The second kappa shape index (κ2) is 10.4. The molecular formula is C26H23F5O. The van der Waals surface area contributed by atoms with Crippen LogP contribution in [0.4, 0.5) is 22.0 Å². The van der Waals surface area contributed by atoms with Gasteiger partial charge in [-0.1, -0.05) is 38.5 Å². The highest BCUT2D eigenvalue weighted by molar-refractivity contribution is 5.91. The van der Waals surface area contributed by atoms with Crippen molar-refractivity contribution in [2.75, 3.05) is 6.61 Å². The van der Waals surface area contributed by atoms with Gasteiger partial charge in [-0.2, -0.15) is 0 Å². The quantitative estimate of drug-likeness (QED) is 0.139. The molecule has 3 aromatic carbocycles. The topological polar surface area (TPSA) is 9.23 Å². The molecule has 168 valence electrons. The summed E-state index contributed by atoms with van der Waals surface area (Å²) in [5.41, 5.74) is -0.790. The molecule has 0 aliphatic carbocycles. The number of rotatable bonds is 9. The molecule has 0 amide bonds. The zero-order valence-electron chi connectivity index (χ0n) is 17.7. The SMILES string of the molecule is C=CCOc1ccc(C(F)=C(F)c2ccc3cc(CCCCC)c(F)c(F)c3c2F)cc1. The maximum Gasteiger partial charge on any atom is 0.169 e. The molecule has 0 heterocycles. The summed E-state index contributed by atoms with van der Waals surface area (Å²) in [4.78, 5) is 0. The summed E-state index contributed by atoms with van der Waals surface area (Å²) in [6, 6.07) is 9.05. The lowest BCUT2D eigenvalue weighted by Gasteiger charge is -2.11. The van der Waals surface area contributed by atoms with Crippen molar-refractivity contribution in [3.05, 3.63) is 89.3 Å². The Morgan fingerprint density at radius 1 is 0.906 bits per heavy atom. The van der Waals surface area contributed by atoms with E-state index in [1.165, 1.54) is 42.5 Å². The van der Waals surface area contributed by atoms with Crippen LogP contribution in [-0.4, -0.2) is 6.61 Å². The van der Waals surface area contributed by atoms with Crippen molar-refractivity contribution in [3.63, 3.8) is 0 Å². The van der Waals surface area contributed by atoms with Crippen LogP contribution in [0.25, 0.3) is 22.4 Å². The molecule has 3 aromatic rings. The lowest BCUT2D eigenvalue weighted by molar-refractivity contribution is 0.363. The fourth-order valence-corrected chi connectivity index (χ4v) is 3.45. The van der Waals surface area contributed by atoms with E-state index >= 15 is 4.39 Å². The molecular weight excluding hydrogens is 423 g/mol. The van der Waals surface area contributed by atoms with E-state index in [2.05, 4.69) is 6.58 Å². The van der Waals surface area contributed by atoms with Gasteiger partial charge in [-0.05, 0) is 60.2 Å². The minimum atomic E-state index is -1.50. The summed E-state index contributed by atoms with van der Waals surface area (Å²) < 4.78 is 79.0. The van der Waals surface area contributed by atoms with Gasteiger partial charge in [-0.3, -0.25) is 0 Å². The van der Waals surface area contributed by atoms with E-state index in [1.807, 2.05) is 6.92 Å². The minimum Gasteiger partial charge on any atom is -0.490 e. The Morgan fingerprint density at radius 2 is 1.62 bits per heavy atom. The van der Waals surface area contributed by atoms with Gasteiger partial charge in [0.05, 0.1) is 5.39 Å². The van der Waals surface area contributed by atoms with Crippen molar-refractivity contribution in [3.8, 4) is 5.75 Å². The number of hydrogen-bond acceptors (Lipinski definition) is 1. The van der Waals surface area contributed by atoms with Crippen LogP contribution < -0.4 is 4.74 Å². The van der Waals surface area contributed by atoms with Gasteiger partial charge < -0.3 is 4.74 Å². The first-order chi connectivity index (χ1) is 15.4. The average molecular weight is 446 g/mol. The maximum absolute atomic E-state index is 15.0. The molecule has 0 atom stereocenters. The fourth-order valence-electron chi connectivity index (χ4n) is 3.45. The van der Waals surface area contributed by atoms with Crippen LogP contribution in [0, 0.1) is 17.5 Å². The Labute approximate surface area is 183 Å². The van der Waals surface area contributed by atoms with Crippen molar-refractivity contribution in [2.24, 2.45) is 0 Å². The van der Waals surface area contributed by atoms with Gasteiger partial charge >= 0.3 is 0 Å². The van der Waals surface area contributed by atoms with Crippen LogP contribution in [-0.2, 0) is 6.42 Å². The molecule has 0 aliphatic heterocycles. The highest BCUT2D eigenvalue weighted by atomic mass is 19.2. The summed E-state index contributed by atoms with van der Waals surface area (Å²) >= 11 is 0. The molecule has 6 heteroatoms. The third-order valence-electron chi connectivity index (χ3n) is 5.15. The van der Waals surface area contributed by atoms with E-state index in [-0.39, 0.29) is 23.1 Å². The Morgan fingerprint density at radius 3 is 2.28 bits per heavy atom. The number of aryl methyl sites for hydroxylation is 1. The number of halogens is 5. The molecule has 32 heavy (non-hydrogen) atoms. The lowest BCUT2D eigenvalue weighted by Crippen LogP contribution is -2.00. The van der Waals surface area contributed by atoms with Crippen molar-refractivity contribution < 1.29 is 26.7 Å². The van der Waals surface area contributed by atoms with Crippen LogP contribution in [0.5, 0.6) is 5.75 Å². The van der Waals surface area contributed by atoms with Crippen molar-refractivity contribution in [2.45, 2.75) is 32.6 Å². The van der Waals surface area contributed by atoms with Crippen LogP contribution in [0.15, 0.2) is 55.1 Å². The second-order valence-electron chi connectivity index (χ2n) is 7.40. The Balaban J connectivity index is 2.00. The number of benzene rings is 3. The Bertz CT molecular complexity index is 1150. The van der Waals surface area contributed by atoms with Crippen molar-refractivity contribution in [1.29, 1.82) is 0 Å². The van der Waals surface area contributed by atoms with Crippen molar-refractivity contribution >= 4 is 22.4 Å². The van der Waals surface area contributed by atoms with E-state index in [0.717, 1.165) is 18.9 Å². The molecule has 0 spiro atoms. The standard InChI is InChI=1S/C26H23F5O/c1-3-5-6-7-18-15-17-10-13-20(24(29)21(17)26(31)23(18)28)25(30)22(27)16-8-11-19(12-9-16)32-14-4-2/h4,8-13,15H,2-3,5-7,14H2,1H3. The van der Waals surface area contributed by atoms with Gasteiger partial charge in [0.2, 0.25) is 0 Å². The van der Waals surface area contributed by atoms with Gasteiger partial charge in [0.15, 0.2) is 23.3 Å². The highest BCUT2D eigenvalue weighted by Gasteiger charge is 2.22. The molecule has 0 unspecified atom stereocenters. The molecule has 3 rings (SSSR count). The van der Waals surface area contributed by atoms with E-state index in [9.17, 15) is 17.6 Å². The minimum absolute atomic E-state index is 0.0913. The third kappa shape index (κ3) is 4.85. The normalized spacial score (nSPS) is 12.1. The number of unbranched alkanes of at least 4 members (excludes halogenated alkanes) is 2. The van der Waals surface area contributed by atoms with Crippen LogP contribution in [0.3, 0.4) is 0 Å². The summed E-state index contributed by atoms with van der Waals surface area (Å²) in [5, 5.41) is -0.607. The van der Waals surface area contributed by atoms with Gasteiger partial charge in [0, 0.05) is 11.1 Å². The smallest absolute Gasteiger partial charge is 0.169 e. The molecule has 0 saturated heterocycles. The first-order valence-electron chi connectivity index (χ1n) is 10.4. The number of ether oxygens (including phenoxy) is 1. The summed E-state index contributed by atoms with van der Waals surface area (Å²) in [6.45, 7) is 5.75. The molecule has 0 bridgehead atoms. The van der Waals surface area contributed by atoms with Gasteiger partial charge in [0.1, 0.15) is 18.2 Å². The number of hydrogen-bond donors (Lipinski definition) is 0. The number of fused-ring (bicyclic) bond motifs is 1. The molecule has 0 N–H and O–H groups in total. The maximum atomic E-state index is 15.0. The summed E-state index contributed by atoms with van der Waals surface area (Å²) in [7, 11) is 0. The van der Waals surface area contributed by atoms with Gasteiger partial charge in [-0.25, -0.2) is 22.0 Å². The van der Waals surface area contributed by atoms with Crippen LogP contribution >= 0.6 is 0 Å². The zero-order chi connectivity index (χ0) is 23.3. The van der Waals surface area contributed by atoms with E-state index in [4.69, 9.17) is 4.74 Å². The van der Waals surface area contributed by atoms with E-state index < -0.39 is 40.1 Å². The second-order valence-corrected chi connectivity index (χ2v) is 7.40. The monoisotopic (exact) mass is 446 g/mol. The largest absolute Gasteiger partial charge is 0.490 e. The predicted molar refractivity (Wildman–Crippen MR) is 118 cm³/mol. The first kappa shape index (κ1) is 23.5.